The monoisotopic (exact) mass is 388 g/mol. The number of carbonyl (C=O) groups is 3. The topological polar surface area (TPSA) is 66.9 Å². The Morgan fingerprint density at radius 3 is 2.75 bits per heavy atom. The third kappa shape index (κ3) is 3.08. The predicted octanol–water partition coefficient (Wildman–Crippen LogP) is 1.78. The number of esters is 1. The molecule has 0 N–H and O–H groups in total. The summed E-state index contributed by atoms with van der Waals surface area (Å²) in [6, 6.07) is 4.46. The van der Waals surface area contributed by atoms with E-state index < -0.39 is 17.4 Å². The van der Waals surface area contributed by atoms with E-state index in [1.807, 2.05) is 0 Å². The van der Waals surface area contributed by atoms with Gasteiger partial charge < -0.3 is 14.5 Å². The van der Waals surface area contributed by atoms with E-state index >= 15 is 0 Å². The van der Waals surface area contributed by atoms with Gasteiger partial charge in [0.25, 0.3) is 0 Å². The number of rotatable bonds is 3. The minimum Gasteiger partial charge on any atom is -0.467 e. The number of hydrogen-bond acceptors (Lipinski definition) is 5. The number of methoxy groups -OCH3 is 1. The van der Waals surface area contributed by atoms with Crippen molar-refractivity contribution in [3.05, 3.63) is 33.8 Å². The van der Waals surface area contributed by atoms with Gasteiger partial charge in [-0.2, -0.15) is 0 Å². The maximum Gasteiger partial charge on any atom is 0.339 e. The smallest absolute Gasteiger partial charge is 0.339 e. The summed E-state index contributed by atoms with van der Waals surface area (Å²) in [7, 11) is 1.27. The van der Waals surface area contributed by atoms with Crippen LogP contribution >= 0.6 is 35.0 Å². The molecule has 6 nitrogen and oxygen atoms in total. The highest BCUT2D eigenvalue weighted by Crippen LogP contribution is 2.34. The van der Waals surface area contributed by atoms with Crippen molar-refractivity contribution in [3.63, 3.8) is 0 Å². The summed E-state index contributed by atoms with van der Waals surface area (Å²) in [4.78, 5) is 39.7. The lowest BCUT2D eigenvalue weighted by Gasteiger charge is -2.37. The van der Waals surface area contributed by atoms with Gasteiger partial charge in [0.2, 0.25) is 11.8 Å². The number of hydrogen-bond donors (Lipinski definition) is 0. The van der Waals surface area contributed by atoms with Gasteiger partial charge in [-0.3, -0.25) is 9.59 Å². The molecule has 2 saturated heterocycles. The number of halogens is 2. The molecule has 0 unspecified atom stereocenters. The number of nitrogens with zero attached hydrogens (tertiary/aromatic N) is 2. The summed E-state index contributed by atoms with van der Waals surface area (Å²) < 4.78 is 4.71. The van der Waals surface area contributed by atoms with E-state index in [9.17, 15) is 14.4 Å². The number of benzene rings is 1. The van der Waals surface area contributed by atoms with Crippen LogP contribution < -0.4 is 0 Å². The number of piperazine rings is 1. The van der Waals surface area contributed by atoms with Gasteiger partial charge in [0, 0.05) is 12.3 Å². The minimum absolute atomic E-state index is 0.0797. The fourth-order valence-electron chi connectivity index (χ4n) is 2.81. The summed E-state index contributed by atoms with van der Waals surface area (Å²) in [6.45, 7) is 0.184. The molecule has 2 aliphatic heterocycles. The average Bonchev–Trinajstić information content (AvgIpc) is 3.01. The first-order valence-corrected chi connectivity index (χ1v) is 8.96. The molecule has 2 fully saturated rings. The van der Waals surface area contributed by atoms with Crippen LogP contribution in [0.2, 0.25) is 10.0 Å². The largest absolute Gasteiger partial charge is 0.467 e. The maximum atomic E-state index is 12.7. The van der Waals surface area contributed by atoms with Gasteiger partial charge in [0.15, 0.2) is 5.37 Å². The van der Waals surface area contributed by atoms with Crippen molar-refractivity contribution in [2.24, 2.45) is 0 Å². The number of amides is 2. The Labute approximate surface area is 153 Å². The van der Waals surface area contributed by atoms with E-state index in [4.69, 9.17) is 27.9 Å². The quantitative estimate of drug-likeness (QED) is 0.738. The first-order chi connectivity index (χ1) is 11.4. The van der Waals surface area contributed by atoms with Crippen molar-refractivity contribution in [2.75, 3.05) is 19.4 Å². The van der Waals surface area contributed by atoms with Crippen LogP contribution in [-0.2, 0) is 25.7 Å². The molecule has 1 aromatic rings. The van der Waals surface area contributed by atoms with E-state index in [0.717, 1.165) is 5.56 Å². The summed E-state index contributed by atoms with van der Waals surface area (Å²) in [6.07, 6.45) is 0. The van der Waals surface area contributed by atoms with E-state index in [-0.39, 0.29) is 24.9 Å². The van der Waals surface area contributed by atoms with Gasteiger partial charge in [-0.1, -0.05) is 29.3 Å². The zero-order valence-electron chi connectivity index (χ0n) is 12.7. The molecule has 128 valence electrons. The SMILES string of the molecule is COC(=O)[C@@H]1SC[C@H]2C(=O)N(Cc3ccc(Cl)c(Cl)c3)CC(=O)N21. The van der Waals surface area contributed by atoms with Crippen LogP contribution in [0, 0.1) is 0 Å². The lowest BCUT2D eigenvalue weighted by atomic mass is 10.1. The normalized spacial score (nSPS) is 23.5. The molecule has 0 bridgehead atoms. The Morgan fingerprint density at radius 1 is 1.33 bits per heavy atom. The summed E-state index contributed by atoms with van der Waals surface area (Å²) in [5, 5.41) is 0.0816. The standard InChI is InChI=1S/C15H14Cl2N2O4S/c1-23-15(22)14-19-11(7-24-14)13(21)18(6-12(19)20)5-8-2-3-9(16)10(17)4-8/h2-4,11,14H,5-7H2,1H3/t11-,14-/m0/s1. The summed E-state index contributed by atoms with van der Waals surface area (Å²) in [5.74, 6) is -0.580. The molecule has 2 aliphatic rings. The second-order valence-corrected chi connectivity index (χ2v) is 7.40. The molecule has 9 heteroatoms. The zero-order chi connectivity index (χ0) is 17.4. The lowest BCUT2D eigenvalue weighted by Crippen LogP contribution is -2.60. The van der Waals surface area contributed by atoms with E-state index in [2.05, 4.69) is 0 Å². The molecule has 0 radical (unpaired) electrons. The molecule has 0 aliphatic carbocycles. The van der Waals surface area contributed by atoms with Gasteiger partial charge in [-0.15, -0.1) is 11.8 Å². The van der Waals surface area contributed by atoms with Gasteiger partial charge >= 0.3 is 5.97 Å². The average molecular weight is 389 g/mol. The van der Waals surface area contributed by atoms with Crippen molar-refractivity contribution in [1.29, 1.82) is 0 Å². The van der Waals surface area contributed by atoms with Crippen LogP contribution in [-0.4, -0.2) is 58.4 Å². The fourth-order valence-corrected chi connectivity index (χ4v) is 4.46. The van der Waals surface area contributed by atoms with E-state index in [1.54, 1.807) is 18.2 Å². The fraction of sp³-hybridized carbons (Fsp3) is 0.400. The minimum atomic E-state index is -0.747. The van der Waals surface area contributed by atoms with Crippen LogP contribution in [0.15, 0.2) is 18.2 Å². The second-order valence-electron chi connectivity index (χ2n) is 5.47. The Bertz CT molecular complexity index is 715. The van der Waals surface area contributed by atoms with Crippen molar-refractivity contribution < 1.29 is 19.1 Å². The zero-order valence-corrected chi connectivity index (χ0v) is 15.0. The van der Waals surface area contributed by atoms with E-state index in [1.165, 1.54) is 28.7 Å². The Kier molecular flexibility index (Phi) is 4.94. The van der Waals surface area contributed by atoms with Gasteiger partial charge in [0.1, 0.15) is 12.6 Å². The Morgan fingerprint density at radius 2 is 2.08 bits per heavy atom. The molecular weight excluding hydrogens is 375 g/mol. The third-order valence-electron chi connectivity index (χ3n) is 3.97. The number of thioether (sulfide) groups is 1. The van der Waals surface area contributed by atoms with Crippen LogP contribution in [0.25, 0.3) is 0 Å². The van der Waals surface area contributed by atoms with Crippen LogP contribution in [0.3, 0.4) is 0 Å². The van der Waals surface area contributed by atoms with Crippen molar-refractivity contribution in [2.45, 2.75) is 18.0 Å². The molecular formula is C15H14Cl2N2O4S. The highest BCUT2D eigenvalue weighted by Gasteiger charge is 2.50. The molecule has 2 heterocycles. The van der Waals surface area contributed by atoms with Crippen LogP contribution in [0.4, 0.5) is 0 Å². The molecule has 0 aromatic heterocycles. The van der Waals surface area contributed by atoms with Gasteiger partial charge in [-0.25, -0.2) is 4.79 Å². The number of carbonyl (C=O) groups excluding carboxylic acids is 3. The Balaban J connectivity index is 1.77. The van der Waals surface area contributed by atoms with Crippen molar-refractivity contribution >= 4 is 52.7 Å². The highest BCUT2D eigenvalue weighted by molar-refractivity contribution is 8.00. The number of ether oxygens (including phenoxy) is 1. The first-order valence-electron chi connectivity index (χ1n) is 7.15. The van der Waals surface area contributed by atoms with Crippen LogP contribution in [0.5, 0.6) is 0 Å². The second kappa shape index (κ2) is 6.82. The van der Waals surface area contributed by atoms with E-state index in [0.29, 0.717) is 15.8 Å². The molecule has 0 saturated carbocycles. The predicted molar refractivity (Wildman–Crippen MR) is 90.8 cm³/mol. The van der Waals surface area contributed by atoms with Gasteiger partial charge in [0.05, 0.1) is 17.2 Å². The molecule has 2 atom stereocenters. The number of fused-ring (bicyclic) bond motifs is 1. The van der Waals surface area contributed by atoms with Crippen LogP contribution in [0.1, 0.15) is 5.56 Å². The first kappa shape index (κ1) is 17.4. The molecule has 0 spiro atoms. The lowest BCUT2D eigenvalue weighted by molar-refractivity contribution is -0.160. The molecule has 1 aromatic carbocycles. The third-order valence-corrected chi connectivity index (χ3v) is 5.95. The summed E-state index contributed by atoms with van der Waals surface area (Å²) in [5.41, 5.74) is 0.786. The summed E-state index contributed by atoms with van der Waals surface area (Å²) >= 11 is 13.1. The highest BCUT2D eigenvalue weighted by atomic mass is 35.5. The maximum absolute atomic E-state index is 12.7. The van der Waals surface area contributed by atoms with Crippen molar-refractivity contribution in [1.82, 2.24) is 9.80 Å². The molecule has 2 amide bonds. The van der Waals surface area contributed by atoms with Crippen molar-refractivity contribution in [3.8, 4) is 0 Å². The molecule has 3 rings (SSSR count). The van der Waals surface area contributed by atoms with Gasteiger partial charge in [-0.05, 0) is 17.7 Å². The molecule has 24 heavy (non-hydrogen) atoms. The Hall–Kier alpha value is -1.44.